The summed E-state index contributed by atoms with van der Waals surface area (Å²) < 4.78 is 4.30. The minimum absolute atomic E-state index is 0.136. The van der Waals surface area contributed by atoms with Crippen LogP contribution in [-0.4, -0.2) is 26.6 Å². The Hall–Kier alpha value is -0.680. The van der Waals surface area contributed by atoms with E-state index in [0.29, 0.717) is 0 Å². The molecule has 0 radical (unpaired) electrons. The van der Waals surface area contributed by atoms with Gasteiger partial charge in [-0.1, -0.05) is 19.8 Å². The molecule has 0 saturated heterocycles. The third kappa shape index (κ3) is 2.52. The summed E-state index contributed by atoms with van der Waals surface area (Å²) in [6, 6.07) is 0. The van der Waals surface area contributed by atoms with Gasteiger partial charge in [-0.05, 0) is 19.3 Å². The van der Waals surface area contributed by atoms with Gasteiger partial charge < -0.3 is 10.4 Å². The first kappa shape index (κ1) is 11.8. The molecule has 0 spiro atoms. The summed E-state index contributed by atoms with van der Waals surface area (Å²) in [5, 5.41) is 13.7. The van der Waals surface area contributed by atoms with Crippen LogP contribution in [0.15, 0.2) is 0 Å². The topological polar surface area (TPSA) is 58.0 Å². The lowest BCUT2D eigenvalue weighted by molar-refractivity contribution is 0.214. The molecule has 1 aromatic heterocycles. The molecule has 5 heteroatoms. The van der Waals surface area contributed by atoms with Gasteiger partial charge in [-0.25, -0.2) is 4.98 Å². The number of aromatic nitrogens is 2. The maximum absolute atomic E-state index is 9.48. The van der Waals surface area contributed by atoms with Crippen molar-refractivity contribution in [2.24, 2.45) is 0 Å². The zero-order valence-corrected chi connectivity index (χ0v) is 10.5. The molecule has 1 heterocycles. The molecule has 1 fully saturated rings. The Balaban J connectivity index is 2.01. The van der Waals surface area contributed by atoms with Crippen molar-refractivity contribution in [1.82, 2.24) is 9.36 Å². The highest BCUT2D eigenvalue weighted by Gasteiger charge is 2.33. The van der Waals surface area contributed by atoms with Gasteiger partial charge in [0.15, 0.2) is 0 Å². The van der Waals surface area contributed by atoms with E-state index < -0.39 is 0 Å². The molecule has 4 nitrogen and oxygen atoms in total. The van der Waals surface area contributed by atoms with Crippen LogP contribution in [0.1, 0.15) is 44.9 Å². The van der Waals surface area contributed by atoms with Gasteiger partial charge in [-0.2, -0.15) is 4.37 Å². The van der Waals surface area contributed by atoms with Crippen LogP contribution in [-0.2, 0) is 6.42 Å². The second-order valence-corrected chi connectivity index (χ2v) is 5.29. The van der Waals surface area contributed by atoms with E-state index in [4.69, 9.17) is 0 Å². The third-order valence-electron chi connectivity index (χ3n) is 3.18. The molecule has 90 valence electrons. The van der Waals surface area contributed by atoms with Gasteiger partial charge in [0.05, 0.1) is 12.1 Å². The van der Waals surface area contributed by atoms with Crippen LogP contribution in [0.5, 0.6) is 0 Å². The monoisotopic (exact) mass is 241 g/mol. The van der Waals surface area contributed by atoms with Crippen molar-refractivity contribution in [2.75, 3.05) is 11.9 Å². The first-order valence-electron chi connectivity index (χ1n) is 6.00. The van der Waals surface area contributed by atoms with E-state index in [2.05, 4.69) is 21.6 Å². The average Bonchev–Trinajstić information content (AvgIpc) is 2.90. The van der Waals surface area contributed by atoms with Gasteiger partial charge in [0, 0.05) is 18.0 Å². The predicted octanol–water partition coefficient (Wildman–Crippen LogP) is 2.21. The molecule has 0 amide bonds. The van der Waals surface area contributed by atoms with Crippen LogP contribution in [0.3, 0.4) is 0 Å². The van der Waals surface area contributed by atoms with Crippen molar-refractivity contribution >= 4 is 16.7 Å². The fraction of sp³-hybridized carbons (Fsp3) is 0.818. The number of aliphatic hydroxyl groups is 1. The Morgan fingerprint density at radius 3 is 2.81 bits per heavy atom. The van der Waals surface area contributed by atoms with E-state index in [1.807, 2.05) is 0 Å². The lowest BCUT2D eigenvalue weighted by Gasteiger charge is -2.27. The first-order valence-corrected chi connectivity index (χ1v) is 6.77. The molecule has 0 atom stereocenters. The van der Waals surface area contributed by atoms with E-state index >= 15 is 0 Å². The summed E-state index contributed by atoms with van der Waals surface area (Å²) in [4.78, 5) is 4.44. The minimum Gasteiger partial charge on any atom is -0.394 e. The summed E-state index contributed by atoms with van der Waals surface area (Å²) in [6.45, 7) is 2.32. The summed E-state index contributed by atoms with van der Waals surface area (Å²) in [5.41, 5.74) is -0.136. The maximum atomic E-state index is 9.48. The molecule has 1 aliphatic rings. The quantitative estimate of drug-likeness (QED) is 0.830. The Bertz CT molecular complexity index is 334. The van der Waals surface area contributed by atoms with Gasteiger partial charge in [0.25, 0.3) is 0 Å². The van der Waals surface area contributed by atoms with Gasteiger partial charge in [-0.3, -0.25) is 0 Å². The normalized spacial score (nSPS) is 18.9. The highest BCUT2D eigenvalue weighted by atomic mass is 32.1. The fourth-order valence-electron chi connectivity index (χ4n) is 2.23. The molecule has 2 rings (SSSR count). The van der Waals surface area contributed by atoms with Gasteiger partial charge in [0.2, 0.25) is 5.13 Å². The molecular weight excluding hydrogens is 222 g/mol. The van der Waals surface area contributed by atoms with Gasteiger partial charge >= 0.3 is 0 Å². The Morgan fingerprint density at radius 2 is 2.19 bits per heavy atom. The van der Waals surface area contributed by atoms with Crippen molar-refractivity contribution in [3.63, 3.8) is 0 Å². The number of anilines is 1. The molecule has 1 saturated carbocycles. The standard InChI is InChI=1S/C11H19N3OS/c1-2-5-9-12-10(16-14-9)13-11(8-15)6-3-4-7-11/h15H,2-8H2,1H3,(H,12,13,14). The minimum atomic E-state index is -0.136. The lowest BCUT2D eigenvalue weighted by Crippen LogP contribution is -2.38. The predicted molar refractivity (Wildman–Crippen MR) is 65.8 cm³/mol. The Kier molecular flexibility index (Phi) is 3.76. The number of aryl methyl sites for hydroxylation is 1. The zero-order chi connectivity index (χ0) is 11.4. The highest BCUT2D eigenvalue weighted by molar-refractivity contribution is 7.09. The maximum Gasteiger partial charge on any atom is 0.203 e. The number of nitrogens with zero attached hydrogens (tertiary/aromatic N) is 2. The molecule has 0 unspecified atom stereocenters. The van der Waals surface area contributed by atoms with Crippen LogP contribution in [0.2, 0.25) is 0 Å². The average molecular weight is 241 g/mol. The number of hydrogen-bond acceptors (Lipinski definition) is 5. The van der Waals surface area contributed by atoms with E-state index in [-0.39, 0.29) is 12.1 Å². The van der Waals surface area contributed by atoms with Crippen molar-refractivity contribution < 1.29 is 5.11 Å². The van der Waals surface area contributed by atoms with Crippen LogP contribution in [0.25, 0.3) is 0 Å². The van der Waals surface area contributed by atoms with E-state index in [1.54, 1.807) is 0 Å². The smallest absolute Gasteiger partial charge is 0.203 e. The van der Waals surface area contributed by atoms with Crippen molar-refractivity contribution in [3.8, 4) is 0 Å². The summed E-state index contributed by atoms with van der Waals surface area (Å²) in [7, 11) is 0. The third-order valence-corrected chi connectivity index (χ3v) is 3.85. The first-order chi connectivity index (χ1) is 7.78. The van der Waals surface area contributed by atoms with Crippen LogP contribution in [0.4, 0.5) is 5.13 Å². The van der Waals surface area contributed by atoms with Crippen molar-refractivity contribution in [3.05, 3.63) is 5.82 Å². The molecule has 2 N–H and O–H groups in total. The Morgan fingerprint density at radius 1 is 1.44 bits per heavy atom. The number of hydrogen-bond donors (Lipinski definition) is 2. The molecular formula is C11H19N3OS. The molecule has 1 aliphatic carbocycles. The summed E-state index contributed by atoms with van der Waals surface area (Å²) in [6.07, 6.45) is 6.45. The van der Waals surface area contributed by atoms with Crippen molar-refractivity contribution in [1.29, 1.82) is 0 Å². The number of nitrogens with one attached hydrogen (secondary N) is 1. The molecule has 0 aromatic carbocycles. The van der Waals surface area contributed by atoms with E-state index in [9.17, 15) is 5.11 Å². The fourth-order valence-corrected chi connectivity index (χ4v) is 2.96. The van der Waals surface area contributed by atoms with Gasteiger partial charge in [0.1, 0.15) is 5.82 Å². The van der Waals surface area contributed by atoms with E-state index in [1.165, 1.54) is 24.4 Å². The molecule has 0 aliphatic heterocycles. The molecule has 1 aromatic rings. The second kappa shape index (κ2) is 5.10. The van der Waals surface area contributed by atoms with Gasteiger partial charge in [-0.15, -0.1) is 0 Å². The van der Waals surface area contributed by atoms with Crippen molar-refractivity contribution in [2.45, 2.75) is 51.0 Å². The van der Waals surface area contributed by atoms with E-state index in [0.717, 1.165) is 36.6 Å². The summed E-state index contributed by atoms with van der Waals surface area (Å²) in [5.74, 6) is 0.918. The van der Waals surface area contributed by atoms with Crippen LogP contribution in [0, 0.1) is 0 Å². The zero-order valence-electron chi connectivity index (χ0n) is 9.70. The Labute approximate surface area is 100 Å². The summed E-state index contributed by atoms with van der Waals surface area (Å²) >= 11 is 1.41. The molecule has 16 heavy (non-hydrogen) atoms. The second-order valence-electron chi connectivity index (χ2n) is 4.54. The molecule has 0 bridgehead atoms. The number of aliphatic hydroxyl groups excluding tert-OH is 1. The largest absolute Gasteiger partial charge is 0.394 e. The van der Waals surface area contributed by atoms with Crippen LogP contribution < -0.4 is 5.32 Å². The number of rotatable bonds is 5. The highest BCUT2D eigenvalue weighted by Crippen LogP contribution is 2.33. The lowest BCUT2D eigenvalue weighted by atomic mass is 10.00. The SMILES string of the molecule is CCCc1nsc(NC2(CO)CCCC2)n1. The van der Waals surface area contributed by atoms with Crippen LogP contribution >= 0.6 is 11.5 Å².